The molecule has 0 saturated carbocycles. The van der Waals surface area contributed by atoms with Gasteiger partial charge in [-0.05, 0) is 26.3 Å². The van der Waals surface area contributed by atoms with Crippen molar-refractivity contribution in [2.45, 2.75) is 40.4 Å². The Hall–Kier alpha value is -3.22. The topological polar surface area (TPSA) is 81.8 Å². The molecule has 2 heterocycles. The van der Waals surface area contributed by atoms with Crippen molar-refractivity contribution in [2.24, 2.45) is 0 Å². The van der Waals surface area contributed by atoms with E-state index in [4.69, 9.17) is 0 Å². The van der Waals surface area contributed by atoms with E-state index in [1.807, 2.05) is 41.2 Å². The standard InChI is InChI=1S/C20H23N5O2/c1-14-20(16(3)26)15(2)25(23-14)13-19(27)21-9-18-10-22-24(12-18)11-17-7-5-4-6-8-17/h4-8,10,12H,9,11,13H2,1-3H3,(H,21,27). The molecule has 0 fully saturated rings. The Bertz CT molecular complexity index is 956. The highest BCUT2D eigenvalue weighted by atomic mass is 16.2. The summed E-state index contributed by atoms with van der Waals surface area (Å²) in [6.07, 6.45) is 3.67. The average Bonchev–Trinajstić information content (AvgIpc) is 3.18. The molecular weight excluding hydrogens is 342 g/mol. The Kier molecular flexibility index (Phi) is 5.49. The molecular formula is C20H23N5O2. The average molecular weight is 365 g/mol. The molecule has 0 unspecified atom stereocenters. The number of hydrogen-bond donors (Lipinski definition) is 1. The lowest BCUT2D eigenvalue weighted by molar-refractivity contribution is -0.122. The summed E-state index contributed by atoms with van der Waals surface area (Å²) in [5, 5.41) is 11.5. The number of benzene rings is 1. The van der Waals surface area contributed by atoms with Crippen molar-refractivity contribution < 1.29 is 9.59 Å². The maximum Gasteiger partial charge on any atom is 0.242 e. The third-order valence-corrected chi connectivity index (χ3v) is 4.39. The summed E-state index contributed by atoms with van der Waals surface area (Å²) in [7, 11) is 0. The maximum atomic E-state index is 12.2. The molecule has 0 aliphatic rings. The Morgan fingerprint density at radius 3 is 2.52 bits per heavy atom. The fourth-order valence-corrected chi connectivity index (χ4v) is 3.11. The highest BCUT2D eigenvalue weighted by Gasteiger charge is 2.16. The molecule has 0 saturated heterocycles. The fourth-order valence-electron chi connectivity index (χ4n) is 3.11. The van der Waals surface area contributed by atoms with Gasteiger partial charge in [-0.1, -0.05) is 30.3 Å². The predicted octanol–water partition coefficient (Wildman–Crippen LogP) is 2.26. The first kappa shape index (κ1) is 18.6. The van der Waals surface area contributed by atoms with Gasteiger partial charge in [0.15, 0.2) is 5.78 Å². The van der Waals surface area contributed by atoms with Crippen LogP contribution in [0.15, 0.2) is 42.7 Å². The Labute approximate surface area is 158 Å². The Morgan fingerprint density at radius 1 is 1.11 bits per heavy atom. The van der Waals surface area contributed by atoms with Gasteiger partial charge in [-0.3, -0.25) is 19.0 Å². The SMILES string of the molecule is CC(=O)c1c(C)nn(CC(=O)NCc2cnn(Cc3ccccc3)c2)c1C. The fraction of sp³-hybridized carbons (Fsp3) is 0.300. The molecule has 7 heteroatoms. The van der Waals surface area contributed by atoms with E-state index < -0.39 is 0 Å². The van der Waals surface area contributed by atoms with Crippen LogP contribution in [0.4, 0.5) is 0 Å². The summed E-state index contributed by atoms with van der Waals surface area (Å²) in [5.74, 6) is -0.200. The maximum absolute atomic E-state index is 12.2. The van der Waals surface area contributed by atoms with Crippen LogP contribution < -0.4 is 5.32 Å². The number of carbonyl (C=O) groups excluding carboxylic acids is 2. The van der Waals surface area contributed by atoms with Crippen molar-refractivity contribution in [3.05, 3.63) is 70.8 Å². The number of nitrogens with zero attached hydrogens (tertiary/aromatic N) is 4. The van der Waals surface area contributed by atoms with E-state index in [1.54, 1.807) is 24.7 Å². The van der Waals surface area contributed by atoms with Crippen LogP contribution in [0.2, 0.25) is 0 Å². The number of carbonyl (C=O) groups is 2. The number of Topliss-reactive ketones (excluding diaryl/α,β-unsaturated/α-hetero) is 1. The first-order valence-corrected chi connectivity index (χ1v) is 8.81. The molecule has 1 aromatic carbocycles. The van der Waals surface area contributed by atoms with Crippen LogP contribution in [0, 0.1) is 13.8 Å². The molecule has 3 rings (SSSR count). The van der Waals surface area contributed by atoms with Crippen LogP contribution in [-0.4, -0.2) is 31.3 Å². The lowest BCUT2D eigenvalue weighted by Gasteiger charge is -2.06. The third-order valence-electron chi connectivity index (χ3n) is 4.39. The molecule has 7 nitrogen and oxygen atoms in total. The normalized spacial score (nSPS) is 10.8. The van der Waals surface area contributed by atoms with Gasteiger partial charge < -0.3 is 5.32 Å². The Morgan fingerprint density at radius 2 is 1.85 bits per heavy atom. The van der Waals surface area contributed by atoms with Crippen LogP contribution in [-0.2, 0) is 24.4 Å². The van der Waals surface area contributed by atoms with Crippen molar-refractivity contribution in [3.8, 4) is 0 Å². The van der Waals surface area contributed by atoms with Crippen LogP contribution in [0.5, 0.6) is 0 Å². The summed E-state index contributed by atoms with van der Waals surface area (Å²) < 4.78 is 3.41. The highest BCUT2D eigenvalue weighted by Crippen LogP contribution is 2.13. The molecule has 1 N–H and O–H groups in total. The van der Waals surface area contributed by atoms with Gasteiger partial charge in [-0.2, -0.15) is 10.2 Å². The van der Waals surface area contributed by atoms with Crippen LogP contribution in [0.1, 0.15) is 39.8 Å². The van der Waals surface area contributed by atoms with Crippen molar-refractivity contribution in [3.63, 3.8) is 0 Å². The quantitative estimate of drug-likeness (QED) is 0.651. The van der Waals surface area contributed by atoms with Gasteiger partial charge in [0.05, 0.1) is 24.0 Å². The molecule has 0 atom stereocenters. The third kappa shape index (κ3) is 4.49. The van der Waals surface area contributed by atoms with Crippen molar-refractivity contribution in [2.75, 3.05) is 0 Å². The minimum Gasteiger partial charge on any atom is -0.350 e. The highest BCUT2D eigenvalue weighted by molar-refractivity contribution is 5.96. The second kappa shape index (κ2) is 7.99. The summed E-state index contributed by atoms with van der Waals surface area (Å²) >= 11 is 0. The molecule has 0 aliphatic heterocycles. The van der Waals surface area contributed by atoms with Crippen molar-refractivity contribution in [1.82, 2.24) is 24.9 Å². The lowest BCUT2D eigenvalue weighted by Crippen LogP contribution is -2.28. The molecule has 0 spiro atoms. The van der Waals surface area contributed by atoms with Gasteiger partial charge in [-0.25, -0.2) is 0 Å². The summed E-state index contributed by atoms with van der Waals surface area (Å²) in [4.78, 5) is 23.9. The minimum atomic E-state index is -0.161. The molecule has 3 aromatic rings. The minimum absolute atomic E-state index is 0.0394. The van der Waals surface area contributed by atoms with E-state index in [1.165, 1.54) is 12.5 Å². The smallest absolute Gasteiger partial charge is 0.242 e. The summed E-state index contributed by atoms with van der Waals surface area (Å²) in [6.45, 7) is 6.25. The number of aryl methyl sites for hydroxylation is 1. The summed E-state index contributed by atoms with van der Waals surface area (Å²) in [5.41, 5.74) is 4.05. The molecule has 140 valence electrons. The number of amides is 1. The van der Waals surface area contributed by atoms with Gasteiger partial charge in [0, 0.05) is 24.0 Å². The number of rotatable bonds is 7. The first-order chi connectivity index (χ1) is 12.9. The largest absolute Gasteiger partial charge is 0.350 e. The molecule has 1 amide bonds. The second-order valence-corrected chi connectivity index (χ2v) is 6.57. The molecule has 2 aromatic heterocycles. The number of aromatic nitrogens is 4. The number of hydrogen-bond acceptors (Lipinski definition) is 4. The predicted molar refractivity (Wildman–Crippen MR) is 101 cm³/mol. The number of ketones is 1. The van der Waals surface area contributed by atoms with Crippen molar-refractivity contribution >= 4 is 11.7 Å². The summed E-state index contributed by atoms with van der Waals surface area (Å²) in [6, 6.07) is 10.1. The van der Waals surface area contributed by atoms with Crippen LogP contribution in [0.3, 0.4) is 0 Å². The lowest BCUT2D eigenvalue weighted by atomic mass is 10.1. The van der Waals surface area contributed by atoms with E-state index in [2.05, 4.69) is 15.5 Å². The van der Waals surface area contributed by atoms with Gasteiger partial charge in [0.2, 0.25) is 5.91 Å². The molecule has 0 radical (unpaired) electrons. The molecule has 0 bridgehead atoms. The van der Waals surface area contributed by atoms with E-state index in [-0.39, 0.29) is 18.2 Å². The first-order valence-electron chi connectivity index (χ1n) is 8.81. The molecule has 0 aliphatic carbocycles. The van der Waals surface area contributed by atoms with Gasteiger partial charge >= 0.3 is 0 Å². The van der Waals surface area contributed by atoms with Crippen LogP contribution in [0.25, 0.3) is 0 Å². The monoisotopic (exact) mass is 365 g/mol. The van der Waals surface area contributed by atoms with Gasteiger partial charge in [0.25, 0.3) is 0 Å². The number of nitrogens with one attached hydrogen (secondary N) is 1. The van der Waals surface area contributed by atoms with Crippen molar-refractivity contribution in [1.29, 1.82) is 0 Å². The van der Waals surface area contributed by atoms with Gasteiger partial charge in [0.1, 0.15) is 6.54 Å². The second-order valence-electron chi connectivity index (χ2n) is 6.57. The molecule has 27 heavy (non-hydrogen) atoms. The zero-order valence-corrected chi connectivity index (χ0v) is 15.8. The van der Waals surface area contributed by atoms with Gasteiger partial charge in [-0.15, -0.1) is 0 Å². The van der Waals surface area contributed by atoms with E-state index >= 15 is 0 Å². The van der Waals surface area contributed by atoms with E-state index in [0.717, 1.165) is 5.56 Å². The Balaban J connectivity index is 1.56. The van der Waals surface area contributed by atoms with Crippen LogP contribution >= 0.6 is 0 Å². The van der Waals surface area contributed by atoms with E-state index in [0.29, 0.717) is 30.0 Å². The van der Waals surface area contributed by atoms with E-state index in [9.17, 15) is 9.59 Å². The zero-order chi connectivity index (χ0) is 19.4. The zero-order valence-electron chi connectivity index (χ0n) is 15.8.